The van der Waals surface area contributed by atoms with Gasteiger partial charge in [0.05, 0.1) is 17.2 Å². The van der Waals surface area contributed by atoms with Gasteiger partial charge in [0.1, 0.15) is 5.75 Å². The number of nitrogens with one attached hydrogen (secondary N) is 1. The monoisotopic (exact) mass is 443 g/mol. The molecule has 1 aliphatic heterocycles. The van der Waals surface area contributed by atoms with Gasteiger partial charge in [-0.05, 0) is 54.1 Å². The first-order valence-electron chi connectivity index (χ1n) is 9.82. The number of anilines is 1. The number of nitrogens with zero attached hydrogens (tertiary/aromatic N) is 2. The zero-order chi connectivity index (χ0) is 21.1. The minimum atomic E-state index is -0.0461. The average Bonchev–Trinajstić information content (AvgIpc) is 2.78. The van der Waals surface area contributed by atoms with E-state index < -0.39 is 0 Å². The summed E-state index contributed by atoms with van der Waals surface area (Å²) in [5.74, 6) is 0.790. The lowest BCUT2D eigenvalue weighted by Gasteiger charge is -2.36. The van der Waals surface area contributed by atoms with Crippen LogP contribution in [0, 0.1) is 0 Å². The van der Waals surface area contributed by atoms with Crippen molar-refractivity contribution in [1.82, 2.24) is 9.88 Å². The lowest BCUT2D eigenvalue weighted by Crippen LogP contribution is -2.46. The Hall–Kier alpha value is -2.47. The smallest absolute Gasteiger partial charge is 0.252 e. The molecule has 0 saturated carbocycles. The first kappa shape index (κ1) is 20.8. The topological polar surface area (TPSA) is 48.6 Å². The van der Waals surface area contributed by atoms with Crippen LogP contribution in [0.15, 0.2) is 59.4 Å². The molecular weight excluding hydrogens is 421 g/mol. The summed E-state index contributed by atoms with van der Waals surface area (Å²) in [5, 5.41) is 1.14. The van der Waals surface area contributed by atoms with Gasteiger partial charge >= 0.3 is 0 Å². The number of methoxy groups -OCH3 is 1. The number of ether oxygens (including phenoxy) is 1. The molecule has 5 nitrogen and oxygen atoms in total. The van der Waals surface area contributed by atoms with E-state index in [9.17, 15) is 4.79 Å². The highest BCUT2D eigenvalue weighted by atomic mass is 35.5. The van der Waals surface area contributed by atoms with Crippen molar-refractivity contribution in [2.75, 3.05) is 38.2 Å². The number of H-pyrrole nitrogens is 1. The zero-order valence-electron chi connectivity index (χ0n) is 16.7. The maximum atomic E-state index is 12.6. The molecule has 4 rings (SSSR count). The summed E-state index contributed by atoms with van der Waals surface area (Å²) >= 11 is 12.2. The largest absolute Gasteiger partial charge is 0.497 e. The molecule has 30 heavy (non-hydrogen) atoms. The number of aromatic nitrogens is 1. The third kappa shape index (κ3) is 4.64. The van der Waals surface area contributed by atoms with Gasteiger partial charge in [0.15, 0.2) is 0 Å². The number of hydrogen-bond donors (Lipinski definition) is 1. The number of hydrogen-bond acceptors (Lipinski definition) is 4. The third-order valence-corrected chi connectivity index (χ3v) is 6.17. The number of pyridine rings is 1. The zero-order valence-corrected chi connectivity index (χ0v) is 18.2. The van der Waals surface area contributed by atoms with E-state index in [4.69, 9.17) is 27.9 Å². The van der Waals surface area contributed by atoms with Crippen LogP contribution in [0.25, 0.3) is 11.3 Å². The van der Waals surface area contributed by atoms with Crippen LogP contribution in [0.3, 0.4) is 0 Å². The van der Waals surface area contributed by atoms with Crippen LogP contribution in [-0.2, 0) is 6.54 Å². The number of halogens is 2. The molecule has 2 heterocycles. The van der Waals surface area contributed by atoms with Crippen LogP contribution in [0.4, 0.5) is 5.69 Å². The maximum Gasteiger partial charge on any atom is 0.252 e. The molecule has 1 fully saturated rings. The molecule has 0 radical (unpaired) electrons. The van der Waals surface area contributed by atoms with Gasteiger partial charge in [0.2, 0.25) is 0 Å². The van der Waals surface area contributed by atoms with Gasteiger partial charge in [-0.1, -0.05) is 29.3 Å². The lowest BCUT2D eigenvalue weighted by atomic mass is 10.1. The van der Waals surface area contributed by atoms with E-state index in [1.807, 2.05) is 54.6 Å². The van der Waals surface area contributed by atoms with Gasteiger partial charge in [-0.25, -0.2) is 0 Å². The van der Waals surface area contributed by atoms with Gasteiger partial charge in [-0.2, -0.15) is 0 Å². The Balaban J connectivity index is 1.39. The molecule has 0 aliphatic carbocycles. The van der Waals surface area contributed by atoms with Crippen molar-refractivity contribution in [3.05, 3.63) is 80.6 Å². The predicted molar refractivity (Wildman–Crippen MR) is 123 cm³/mol. The van der Waals surface area contributed by atoms with Crippen LogP contribution in [0.2, 0.25) is 10.0 Å². The first-order chi connectivity index (χ1) is 14.5. The number of rotatable bonds is 5. The number of piperazine rings is 1. The molecule has 0 amide bonds. The second-order valence-electron chi connectivity index (χ2n) is 7.32. The summed E-state index contributed by atoms with van der Waals surface area (Å²) in [7, 11) is 1.64. The Morgan fingerprint density at radius 1 is 0.933 bits per heavy atom. The molecule has 2 aromatic carbocycles. The Morgan fingerprint density at radius 2 is 1.67 bits per heavy atom. The minimum absolute atomic E-state index is 0.0461. The Bertz CT molecular complexity index is 1070. The molecule has 1 N–H and O–H groups in total. The van der Waals surface area contributed by atoms with Gasteiger partial charge in [0.25, 0.3) is 5.56 Å². The van der Waals surface area contributed by atoms with Crippen molar-refractivity contribution in [3.8, 4) is 17.0 Å². The lowest BCUT2D eigenvalue weighted by molar-refractivity contribution is 0.249. The van der Waals surface area contributed by atoms with Gasteiger partial charge in [0, 0.05) is 49.7 Å². The van der Waals surface area contributed by atoms with Crippen molar-refractivity contribution in [3.63, 3.8) is 0 Å². The van der Waals surface area contributed by atoms with E-state index in [0.29, 0.717) is 16.6 Å². The second-order valence-corrected chi connectivity index (χ2v) is 8.13. The molecule has 0 spiro atoms. The summed E-state index contributed by atoms with van der Waals surface area (Å²) < 4.78 is 5.19. The Kier molecular flexibility index (Phi) is 6.32. The van der Waals surface area contributed by atoms with Crippen molar-refractivity contribution >= 4 is 28.9 Å². The fraction of sp³-hybridized carbons (Fsp3) is 0.261. The van der Waals surface area contributed by atoms with Gasteiger partial charge in [-0.3, -0.25) is 9.69 Å². The van der Waals surface area contributed by atoms with E-state index in [-0.39, 0.29) is 5.56 Å². The highest BCUT2D eigenvalue weighted by Crippen LogP contribution is 2.28. The molecule has 0 atom stereocenters. The first-order valence-corrected chi connectivity index (χ1v) is 10.6. The number of aromatic amines is 1. The van der Waals surface area contributed by atoms with Crippen LogP contribution < -0.4 is 15.2 Å². The molecule has 3 aromatic rings. The third-order valence-electron chi connectivity index (χ3n) is 5.43. The summed E-state index contributed by atoms with van der Waals surface area (Å²) in [4.78, 5) is 20.2. The SMILES string of the molecule is COc1ccc(-c2ccc(CN3CCN(c4ccc(Cl)c(Cl)c4)CC3)c(=O)[nH]2)cc1. The molecule has 0 unspecified atom stereocenters. The standard InChI is InChI=1S/C23H23Cl2N3O2/c1-30-19-6-2-16(3-7-19)22-9-4-17(23(29)26-22)15-27-10-12-28(13-11-27)18-5-8-20(24)21(25)14-18/h2-9,14H,10-13,15H2,1H3,(H,26,29). The van der Waals surface area contributed by atoms with Gasteiger partial charge < -0.3 is 14.6 Å². The van der Waals surface area contributed by atoms with E-state index in [2.05, 4.69) is 14.8 Å². The fourth-order valence-corrected chi connectivity index (χ4v) is 3.95. The molecule has 156 valence electrons. The van der Waals surface area contributed by atoms with Crippen molar-refractivity contribution in [2.45, 2.75) is 6.54 Å². The van der Waals surface area contributed by atoms with Crippen LogP contribution in [-0.4, -0.2) is 43.2 Å². The Morgan fingerprint density at radius 3 is 2.30 bits per heavy atom. The van der Waals surface area contributed by atoms with Crippen molar-refractivity contribution in [1.29, 1.82) is 0 Å². The molecule has 1 aromatic heterocycles. The fourth-order valence-electron chi connectivity index (χ4n) is 3.65. The van der Waals surface area contributed by atoms with E-state index >= 15 is 0 Å². The highest BCUT2D eigenvalue weighted by molar-refractivity contribution is 6.42. The summed E-state index contributed by atoms with van der Waals surface area (Å²) in [6.07, 6.45) is 0. The summed E-state index contributed by atoms with van der Waals surface area (Å²) in [5.41, 5.74) is 3.56. The van der Waals surface area contributed by atoms with Crippen molar-refractivity contribution < 1.29 is 4.74 Å². The van der Waals surface area contributed by atoms with Crippen LogP contribution >= 0.6 is 23.2 Å². The quantitative estimate of drug-likeness (QED) is 0.621. The van der Waals surface area contributed by atoms with Gasteiger partial charge in [-0.15, -0.1) is 0 Å². The molecular formula is C23H23Cl2N3O2. The molecule has 7 heteroatoms. The van der Waals surface area contributed by atoms with Crippen molar-refractivity contribution in [2.24, 2.45) is 0 Å². The number of benzene rings is 2. The predicted octanol–water partition coefficient (Wildman–Crippen LogP) is 4.68. The normalized spacial score (nSPS) is 14.7. The molecule has 1 saturated heterocycles. The molecule has 1 aliphatic rings. The average molecular weight is 444 g/mol. The minimum Gasteiger partial charge on any atom is -0.497 e. The molecule has 0 bridgehead atoms. The maximum absolute atomic E-state index is 12.6. The van der Waals surface area contributed by atoms with E-state index in [0.717, 1.165) is 54.4 Å². The highest BCUT2D eigenvalue weighted by Gasteiger charge is 2.19. The summed E-state index contributed by atoms with van der Waals surface area (Å²) in [6, 6.07) is 17.3. The van der Waals surface area contributed by atoms with E-state index in [1.165, 1.54) is 0 Å². The second kappa shape index (κ2) is 9.13. The summed E-state index contributed by atoms with van der Waals surface area (Å²) in [6.45, 7) is 4.13. The van der Waals surface area contributed by atoms with Crippen LogP contribution in [0.5, 0.6) is 5.75 Å². The van der Waals surface area contributed by atoms with Crippen LogP contribution in [0.1, 0.15) is 5.56 Å². The van der Waals surface area contributed by atoms with E-state index in [1.54, 1.807) is 7.11 Å². The Labute approximate surface area is 185 Å².